The second-order valence-electron chi connectivity index (χ2n) is 7.90. The molecule has 3 heterocycles. The van der Waals surface area contributed by atoms with Gasteiger partial charge in [0.25, 0.3) is 0 Å². The third-order valence-electron chi connectivity index (χ3n) is 5.96. The molecule has 1 N–H and O–H groups in total. The van der Waals surface area contributed by atoms with Gasteiger partial charge in [0.2, 0.25) is 11.8 Å². The fraction of sp³-hybridized carbons (Fsp3) is 0.292. The first kappa shape index (κ1) is 18.6. The molecule has 0 aliphatic carbocycles. The molecule has 30 heavy (non-hydrogen) atoms. The van der Waals surface area contributed by atoms with Crippen molar-refractivity contribution in [3.05, 3.63) is 66.0 Å². The van der Waals surface area contributed by atoms with E-state index in [0.29, 0.717) is 6.42 Å². The second-order valence-corrected chi connectivity index (χ2v) is 7.90. The van der Waals surface area contributed by atoms with Gasteiger partial charge in [-0.3, -0.25) is 9.59 Å². The Morgan fingerprint density at radius 1 is 1.07 bits per heavy atom. The van der Waals surface area contributed by atoms with Gasteiger partial charge in [-0.05, 0) is 55.2 Å². The van der Waals surface area contributed by atoms with Gasteiger partial charge in [-0.15, -0.1) is 0 Å². The number of carbonyl (C=O) groups excluding carboxylic acids is 2. The summed E-state index contributed by atoms with van der Waals surface area (Å²) in [7, 11) is 0. The molecule has 1 atom stereocenters. The molecule has 5 rings (SSSR count). The van der Waals surface area contributed by atoms with Crippen molar-refractivity contribution in [2.45, 2.75) is 31.7 Å². The van der Waals surface area contributed by atoms with Gasteiger partial charge in [0.05, 0.1) is 17.1 Å². The average Bonchev–Trinajstić information content (AvgIpc) is 3.51. The Hall–Kier alpha value is -3.41. The molecule has 1 aromatic heterocycles. The average molecular weight is 400 g/mol. The molecule has 0 spiro atoms. The summed E-state index contributed by atoms with van der Waals surface area (Å²) in [4.78, 5) is 36.5. The number of amides is 2. The van der Waals surface area contributed by atoms with Crippen molar-refractivity contribution < 1.29 is 9.59 Å². The summed E-state index contributed by atoms with van der Waals surface area (Å²) in [6, 6.07) is 15.7. The van der Waals surface area contributed by atoms with E-state index in [4.69, 9.17) is 4.98 Å². The van der Waals surface area contributed by atoms with Gasteiger partial charge >= 0.3 is 0 Å². The summed E-state index contributed by atoms with van der Waals surface area (Å²) < 4.78 is 0. The fourth-order valence-electron chi connectivity index (χ4n) is 4.39. The zero-order chi connectivity index (χ0) is 20.5. The van der Waals surface area contributed by atoms with E-state index in [1.54, 1.807) is 6.08 Å². The predicted molar refractivity (Wildman–Crippen MR) is 117 cm³/mol. The number of anilines is 1. The number of aromatic amines is 1. The molecule has 0 radical (unpaired) electrons. The lowest BCUT2D eigenvalue weighted by Gasteiger charge is -2.21. The zero-order valence-corrected chi connectivity index (χ0v) is 16.8. The number of benzene rings is 2. The molecule has 2 saturated heterocycles. The summed E-state index contributed by atoms with van der Waals surface area (Å²) >= 11 is 0. The predicted octanol–water partition coefficient (Wildman–Crippen LogP) is 4.07. The van der Waals surface area contributed by atoms with Crippen LogP contribution >= 0.6 is 0 Å². The summed E-state index contributed by atoms with van der Waals surface area (Å²) in [5.74, 6) is 1.03. The smallest absolute Gasteiger partial charge is 0.247 e. The van der Waals surface area contributed by atoms with Crippen molar-refractivity contribution >= 4 is 34.6 Å². The Bertz CT molecular complexity index is 1080. The Kier molecular flexibility index (Phi) is 4.83. The van der Waals surface area contributed by atoms with Crippen LogP contribution in [0, 0.1) is 0 Å². The van der Waals surface area contributed by atoms with E-state index in [-0.39, 0.29) is 17.9 Å². The SMILES string of the molecule is O=C1CCCN1c1ccc(/C=C/C(=O)N2CCC[C@H]2c2nc3ccccc3[nH]2)cc1. The minimum absolute atomic E-state index is 0.00301. The molecule has 0 unspecified atom stereocenters. The normalized spacial score (nSPS) is 19.5. The van der Waals surface area contributed by atoms with E-state index in [9.17, 15) is 9.59 Å². The maximum atomic E-state index is 12.9. The van der Waals surface area contributed by atoms with Crippen LogP contribution in [0.2, 0.25) is 0 Å². The molecule has 2 aromatic carbocycles. The summed E-state index contributed by atoms with van der Waals surface area (Å²) in [5.41, 5.74) is 3.79. The highest BCUT2D eigenvalue weighted by atomic mass is 16.2. The van der Waals surface area contributed by atoms with Gasteiger partial charge in [0.1, 0.15) is 5.82 Å². The Balaban J connectivity index is 1.29. The van der Waals surface area contributed by atoms with E-state index in [0.717, 1.165) is 60.5 Å². The van der Waals surface area contributed by atoms with E-state index in [2.05, 4.69) is 4.98 Å². The number of para-hydroxylation sites is 2. The quantitative estimate of drug-likeness (QED) is 0.672. The van der Waals surface area contributed by atoms with Crippen LogP contribution in [-0.4, -0.2) is 39.8 Å². The van der Waals surface area contributed by atoms with Crippen molar-refractivity contribution in [2.75, 3.05) is 18.0 Å². The number of likely N-dealkylation sites (tertiary alicyclic amines) is 1. The van der Waals surface area contributed by atoms with Crippen LogP contribution in [0.3, 0.4) is 0 Å². The van der Waals surface area contributed by atoms with Crippen LogP contribution < -0.4 is 4.90 Å². The standard InChI is InChI=1S/C24H24N4O2/c29-22-8-4-15-27(22)18-12-9-17(10-13-18)11-14-23(30)28-16-3-7-21(28)24-25-19-5-1-2-6-20(19)26-24/h1-2,5-6,9-14,21H,3-4,7-8,15-16H2,(H,25,26)/b14-11+/t21-/m0/s1. The maximum absolute atomic E-state index is 12.9. The highest BCUT2D eigenvalue weighted by Crippen LogP contribution is 2.31. The fourth-order valence-corrected chi connectivity index (χ4v) is 4.39. The first-order chi connectivity index (χ1) is 14.7. The third kappa shape index (κ3) is 3.49. The minimum Gasteiger partial charge on any atom is -0.340 e. The number of aromatic nitrogens is 2. The van der Waals surface area contributed by atoms with Crippen molar-refractivity contribution in [2.24, 2.45) is 0 Å². The number of fused-ring (bicyclic) bond motifs is 1. The monoisotopic (exact) mass is 400 g/mol. The van der Waals surface area contributed by atoms with Crippen LogP contribution in [0.15, 0.2) is 54.6 Å². The van der Waals surface area contributed by atoms with Crippen LogP contribution in [0.4, 0.5) is 5.69 Å². The molecular formula is C24H24N4O2. The molecule has 2 aliphatic rings. The number of nitrogens with one attached hydrogen (secondary N) is 1. The molecule has 152 valence electrons. The van der Waals surface area contributed by atoms with Gasteiger partial charge < -0.3 is 14.8 Å². The Morgan fingerprint density at radius 2 is 1.90 bits per heavy atom. The molecular weight excluding hydrogens is 376 g/mol. The van der Waals surface area contributed by atoms with E-state index in [1.807, 2.05) is 64.4 Å². The Labute approximate surface area is 175 Å². The molecule has 6 nitrogen and oxygen atoms in total. The zero-order valence-electron chi connectivity index (χ0n) is 16.8. The Morgan fingerprint density at radius 3 is 2.67 bits per heavy atom. The molecule has 3 aromatic rings. The molecule has 0 bridgehead atoms. The largest absolute Gasteiger partial charge is 0.340 e. The van der Waals surface area contributed by atoms with E-state index >= 15 is 0 Å². The van der Waals surface area contributed by atoms with Crippen molar-refractivity contribution in [3.8, 4) is 0 Å². The highest BCUT2D eigenvalue weighted by Gasteiger charge is 2.31. The van der Waals surface area contributed by atoms with Crippen molar-refractivity contribution in [1.29, 1.82) is 0 Å². The lowest BCUT2D eigenvalue weighted by atomic mass is 10.1. The lowest BCUT2D eigenvalue weighted by molar-refractivity contribution is -0.127. The first-order valence-corrected chi connectivity index (χ1v) is 10.5. The number of imidazole rings is 1. The summed E-state index contributed by atoms with van der Waals surface area (Å²) in [6.07, 6.45) is 6.90. The number of hydrogen-bond donors (Lipinski definition) is 1. The molecule has 0 saturated carbocycles. The van der Waals surface area contributed by atoms with Crippen LogP contribution in [0.1, 0.15) is 43.1 Å². The number of H-pyrrole nitrogens is 1. The van der Waals surface area contributed by atoms with Gasteiger partial charge in [-0.25, -0.2) is 4.98 Å². The van der Waals surface area contributed by atoms with Crippen LogP contribution in [-0.2, 0) is 9.59 Å². The van der Waals surface area contributed by atoms with Crippen molar-refractivity contribution in [3.63, 3.8) is 0 Å². The molecule has 2 fully saturated rings. The summed E-state index contributed by atoms with van der Waals surface area (Å²) in [6.45, 7) is 1.52. The van der Waals surface area contributed by atoms with E-state index < -0.39 is 0 Å². The van der Waals surface area contributed by atoms with E-state index in [1.165, 1.54) is 0 Å². The van der Waals surface area contributed by atoms with Gasteiger partial charge in [-0.2, -0.15) is 0 Å². The topological polar surface area (TPSA) is 69.3 Å². The van der Waals surface area contributed by atoms with Gasteiger partial charge in [-0.1, -0.05) is 24.3 Å². The van der Waals surface area contributed by atoms with Crippen LogP contribution in [0.5, 0.6) is 0 Å². The van der Waals surface area contributed by atoms with Gasteiger partial charge in [0, 0.05) is 31.3 Å². The highest BCUT2D eigenvalue weighted by molar-refractivity contribution is 5.95. The number of hydrogen-bond acceptors (Lipinski definition) is 3. The molecule has 2 amide bonds. The molecule has 6 heteroatoms. The minimum atomic E-state index is -0.0156. The number of carbonyl (C=O) groups is 2. The first-order valence-electron chi connectivity index (χ1n) is 10.5. The number of rotatable bonds is 4. The molecule has 2 aliphatic heterocycles. The van der Waals surface area contributed by atoms with Crippen molar-refractivity contribution in [1.82, 2.24) is 14.9 Å². The van der Waals surface area contributed by atoms with Crippen LogP contribution in [0.25, 0.3) is 17.1 Å². The van der Waals surface area contributed by atoms with Gasteiger partial charge in [0.15, 0.2) is 0 Å². The summed E-state index contributed by atoms with van der Waals surface area (Å²) in [5, 5.41) is 0. The number of nitrogens with zero attached hydrogens (tertiary/aromatic N) is 3. The second kappa shape index (κ2) is 7.78. The lowest BCUT2D eigenvalue weighted by Crippen LogP contribution is -2.29. The third-order valence-corrected chi connectivity index (χ3v) is 5.96. The maximum Gasteiger partial charge on any atom is 0.247 e.